The summed E-state index contributed by atoms with van der Waals surface area (Å²) in [6, 6.07) is 17.0. The molecule has 2 aromatic carbocycles. The summed E-state index contributed by atoms with van der Waals surface area (Å²) in [5, 5.41) is 0.772. The summed E-state index contributed by atoms with van der Waals surface area (Å²) in [6.45, 7) is 1.34. The van der Waals surface area contributed by atoms with Crippen LogP contribution in [0.25, 0.3) is 22.3 Å². The summed E-state index contributed by atoms with van der Waals surface area (Å²) >= 11 is 5.45. The van der Waals surface area contributed by atoms with Gasteiger partial charge in [0.2, 0.25) is 0 Å². The number of hydrogen-bond acceptors (Lipinski definition) is 4. The second-order valence-corrected chi connectivity index (χ2v) is 4.89. The summed E-state index contributed by atoms with van der Waals surface area (Å²) in [4.78, 5) is 21.2. The van der Waals surface area contributed by atoms with Crippen molar-refractivity contribution in [3.05, 3.63) is 59.2 Å². The molecular formula is C16H12N2O2S. The highest BCUT2D eigenvalue weighted by atomic mass is 32.1. The molecule has 0 atom stereocenters. The van der Waals surface area contributed by atoms with Gasteiger partial charge in [0.15, 0.2) is 10.5 Å². The zero-order valence-corrected chi connectivity index (χ0v) is 12.1. The maximum Gasteiger partial charge on any atom is 0.330 e. The Bertz CT molecular complexity index is 872. The predicted octanol–water partition coefficient (Wildman–Crippen LogP) is 3.41. The van der Waals surface area contributed by atoms with Crippen LogP contribution in [0.3, 0.4) is 0 Å². The molecule has 0 amide bonds. The van der Waals surface area contributed by atoms with Gasteiger partial charge in [0.05, 0.1) is 5.52 Å². The molecule has 1 heterocycles. The molecule has 0 N–H and O–H groups in total. The molecule has 0 aliphatic heterocycles. The molecule has 21 heavy (non-hydrogen) atoms. The molecule has 0 fully saturated rings. The minimum Gasteiger partial charge on any atom is -0.334 e. The number of fused-ring (bicyclic) bond motifs is 1. The monoisotopic (exact) mass is 296 g/mol. The van der Waals surface area contributed by atoms with Gasteiger partial charge < -0.3 is 4.84 Å². The summed E-state index contributed by atoms with van der Waals surface area (Å²) in [6.07, 6.45) is 0. The van der Waals surface area contributed by atoms with Gasteiger partial charge in [0.1, 0.15) is 0 Å². The Morgan fingerprint density at radius 1 is 1.10 bits per heavy atom. The third-order valence-electron chi connectivity index (χ3n) is 2.99. The predicted molar refractivity (Wildman–Crippen MR) is 83.3 cm³/mol. The minimum absolute atomic E-state index is 0.426. The fraction of sp³-hybridized carbons (Fsp3) is 0.0625. The van der Waals surface area contributed by atoms with E-state index in [0.29, 0.717) is 10.5 Å². The van der Waals surface area contributed by atoms with Crippen molar-refractivity contribution in [1.29, 1.82) is 0 Å². The zero-order valence-electron chi connectivity index (χ0n) is 11.3. The molecule has 5 heteroatoms. The Hall–Kier alpha value is -2.53. The molecule has 0 saturated carbocycles. The van der Waals surface area contributed by atoms with E-state index in [1.165, 1.54) is 11.7 Å². The average molecular weight is 296 g/mol. The van der Waals surface area contributed by atoms with Gasteiger partial charge >= 0.3 is 5.97 Å². The van der Waals surface area contributed by atoms with E-state index < -0.39 is 5.97 Å². The number of rotatable bonds is 2. The molecular weight excluding hydrogens is 284 g/mol. The first kappa shape index (κ1) is 13.5. The maximum absolute atomic E-state index is 11.4. The van der Waals surface area contributed by atoms with Crippen molar-refractivity contribution >= 4 is 29.1 Å². The summed E-state index contributed by atoms with van der Waals surface area (Å²) in [5.41, 5.74) is 1.60. The first-order valence-electron chi connectivity index (χ1n) is 6.43. The van der Waals surface area contributed by atoms with Crippen molar-refractivity contribution in [2.45, 2.75) is 6.92 Å². The molecule has 0 radical (unpaired) electrons. The van der Waals surface area contributed by atoms with Crippen LogP contribution in [0.5, 0.6) is 0 Å². The van der Waals surface area contributed by atoms with E-state index in [1.54, 1.807) is 0 Å². The number of hydrogen-bond donors (Lipinski definition) is 0. The zero-order chi connectivity index (χ0) is 14.8. The number of benzene rings is 2. The Morgan fingerprint density at radius 2 is 1.76 bits per heavy atom. The van der Waals surface area contributed by atoms with Crippen molar-refractivity contribution in [2.75, 3.05) is 0 Å². The number of nitrogens with zero attached hydrogens (tertiary/aromatic N) is 2. The molecule has 0 spiro atoms. The highest BCUT2D eigenvalue weighted by Gasteiger charge is 2.12. The summed E-state index contributed by atoms with van der Waals surface area (Å²) < 4.78 is 1.74. The van der Waals surface area contributed by atoms with Crippen molar-refractivity contribution in [1.82, 2.24) is 9.71 Å². The van der Waals surface area contributed by atoms with E-state index in [4.69, 9.17) is 17.1 Å². The highest BCUT2D eigenvalue weighted by molar-refractivity contribution is 7.71. The van der Waals surface area contributed by atoms with Gasteiger partial charge in [-0.3, -0.25) is 0 Å². The topological polar surface area (TPSA) is 44.1 Å². The van der Waals surface area contributed by atoms with Crippen molar-refractivity contribution in [2.24, 2.45) is 0 Å². The van der Waals surface area contributed by atoms with Crippen LogP contribution in [0.15, 0.2) is 54.6 Å². The first-order valence-corrected chi connectivity index (χ1v) is 6.84. The van der Waals surface area contributed by atoms with E-state index in [2.05, 4.69) is 4.98 Å². The Morgan fingerprint density at radius 3 is 2.48 bits per heavy atom. The molecule has 3 rings (SSSR count). The van der Waals surface area contributed by atoms with E-state index in [1.807, 2.05) is 54.6 Å². The summed E-state index contributed by atoms with van der Waals surface area (Å²) in [5.74, 6) is 0.0647. The van der Waals surface area contributed by atoms with Crippen LogP contribution in [-0.2, 0) is 4.79 Å². The number of aromatic nitrogens is 2. The molecule has 0 aliphatic carbocycles. The Kier molecular flexibility index (Phi) is 3.50. The quantitative estimate of drug-likeness (QED) is 0.680. The lowest BCUT2D eigenvalue weighted by Crippen LogP contribution is -2.20. The lowest BCUT2D eigenvalue weighted by Gasteiger charge is -2.13. The highest BCUT2D eigenvalue weighted by Crippen LogP contribution is 2.22. The molecule has 1 aromatic heterocycles. The van der Waals surface area contributed by atoms with Crippen LogP contribution in [0.1, 0.15) is 6.92 Å². The molecule has 4 nitrogen and oxygen atoms in total. The van der Waals surface area contributed by atoms with Gasteiger partial charge in [-0.1, -0.05) is 54.7 Å². The summed E-state index contributed by atoms with van der Waals surface area (Å²) in [7, 11) is 0. The molecule has 0 aliphatic rings. The Labute approximate surface area is 126 Å². The van der Waals surface area contributed by atoms with Crippen LogP contribution in [0.2, 0.25) is 0 Å². The van der Waals surface area contributed by atoms with Gasteiger partial charge in [0.25, 0.3) is 0 Å². The fourth-order valence-electron chi connectivity index (χ4n) is 2.10. The van der Waals surface area contributed by atoms with Gasteiger partial charge in [-0.05, 0) is 12.1 Å². The normalized spacial score (nSPS) is 10.5. The van der Waals surface area contributed by atoms with Crippen LogP contribution >= 0.6 is 12.2 Å². The Balaban J connectivity index is 2.36. The van der Waals surface area contributed by atoms with Crippen molar-refractivity contribution in [3.8, 4) is 11.4 Å². The standard InChI is InChI=1S/C16H12N2O2S/c1-11(19)20-18-15(12-7-3-2-4-8-12)17-14-10-6-5-9-13(14)16(18)21/h2-10H,1H3. The van der Waals surface area contributed by atoms with Gasteiger partial charge in [-0.25, -0.2) is 9.78 Å². The number of carbonyl (C=O) groups is 1. The van der Waals surface area contributed by atoms with Crippen LogP contribution in [0, 0.1) is 4.64 Å². The maximum atomic E-state index is 11.4. The molecule has 0 bridgehead atoms. The van der Waals surface area contributed by atoms with Crippen LogP contribution in [0.4, 0.5) is 0 Å². The fourth-order valence-corrected chi connectivity index (χ4v) is 2.40. The molecule has 0 unspecified atom stereocenters. The van der Waals surface area contributed by atoms with E-state index >= 15 is 0 Å². The smallest absolute Gasteiger partial charge is 0.330 e. The number of carbonyl (C=O) groups excluding carboxylic acids is 1. The van der Waals surface area contributed by atoms with E-state index in [9.17, 15) is 4.79 Å². The lowest BCUT2D eigenvalue weighted by atomic mass is 10.2. The first-order chi connectivity index (χ1) is 10.2. The van der Waals surface area contributed by atoms with Gasteiger partial charge in [0, 0.05) is 17.9 Å². The number of para-hydroxylation sites is 1. The lowest BCUT2D eigenvalue weighted by molar-refractivity contribution is -0.141. The van der Waals surface area contributed by atoms with Crippen molar-refractivity contribution in [3.63, 3.8) is 0 Å². The molecule has 3 aromatic rings. The van der Waals surface area contributed by atoms with Crippen LogP contribution < -0.4 is 4.84 Å². The van der Waals surface area contributed by atoms with Gasteiger partial charge in [-0.15, -0.1) is 4.73 Å². The molecule has 0 saturated heterocycles. The third-order valence-corrected chi connectivity index (χ3v) is 3.38. The average Bonchev–Trinajstić information content (AvgIpc) is 2.50. The van der Waals surface area contributed by atoms with Crippen LogP contribution in [-0.4, -0.2) is 15.7 Å². The van der Waals surface area contributed by atoms with Crippen molar-refractivity contribution < 1.29 is 9.63 Å². The molecule has 104 valence electrons. The minimum atomic E-state index is -0.444. The third kappa shape index (κ3) is 2.55. The largest absolute Gasteiger partial charge is 0.334 e. The second kappa shape index (κ2) is 5.46. The van der Waals surface area contributed by atoms with E-state index in [-0.39, 0.29) is 0 Å². The second-order valence-electron chi connectivity index (χ2n) is 4.50. The van der Waals surface area contributed by atoms with Gasteiger partial charge in [-0.2, -0.15) is 0 Å². The SMILES string of the molecule is CC(=O)On1c(-c2ccccc2)nc2ccccc2c1=S. The van der Waals surface area contributed by atoms with E-state index in [0.717, 1.165) is 16.5 Å².